The number of hydrogen-bond acceptors (Lipinski definition) is 8. The predicted octanol–water partition coefficient (Wildman–Crippen LogP) is 1.77. The number of carbonyl (C=O) groups is 1. The highest BCUT2D eigenvalue weighted by Gasteiger charge is 2.22. The van der Waals surface area contributed by atoms with Crippen molar-refractivity contribution in [2.75, 3.05) is 54.1 Å². The molecule has 0 bridgehead atoms. The minimum absolute atomic E-state index is 0.230. The number of benzene rings is 1. The standard InChI is InChI=1S/C19H22N6O2S/c20-12-13(18-22-2-1-3-23-18)19(26)24-14-10-15-17(28-9-4-21-15)11-16(14)25-5-7-27-8-6-25/h1-3,10-12,21H,4-9,20H2,(H,24,26). The van der Waals surface area contributed by atoms with Crippen molar-refractivity contribution in [1.29, 1.82) is 0 Å². The van der Waals surface area contributed by atoms with Crippen molar-refractivity contribution >= 4 is 40.3 Å². The summed E-state index contributed by atoms with van der Waals surface area (Å²) >= 11 is 1.82. The summed E-state index contributed by atoms with van der Waals surface area (Å²) in [6, 6.07) is 5.82. The van der Waals surface area contributed by atoms with Gasteiger partial charge in [-0.2, -0.15) is 0 Å². The van der Waals surface area contributed by atoms with Crippen LogP contribution in [-0.4, -0.2) is 54.5 Å². The summed E-state index contributed by atoms with van der Waals surface area (Å²) < 4.78 is 5.48. The third-order valence-corrected chi connectivity index (χ3v) is 5.65. The van der Waals surface area contributed by atoms with E-state index in [1.165, 1.54) is 11.1 Å². The molecule has 1 saturated heterocycles. The van der Waals surface area contributed by atoms with Crippen LogP contribution in [0.1, 0.15) is 5.82 Å². The summed E-state index contributed by atoms with van der Waals surface area (Å²) in [6.07, 6.45) is 4.40. The smallest absolute Gasteiger partial charge is 0.261 e. The van der Waals surface area contributed by atoms with Gasteiger partial charge in [0.2, 0.25) is 0 Å². The van der Waals surface area contributed by atoms with Gasteiger partial charge in [-0.05, 0) is 18.2 Å². The van der Waals surface area contributed by atoms with E-state index in [1.807, 2.05) is 17.8 Å². The molecule has 28 heavy (non-hydrogen) atoms. The number of rotatable bonds is 4. The van der Waals surface area contributed by atoms with E-state index in [0.717, 1.165) is 42.4 Å². The van der Waals surface area contributed by atoms with E-state index in [1.54, 1.807) is 18.5 Å². The van der Waals surface area contributed by atoms with Crippen LogP contribution in [0.2, 0.25) is 0 Å². The Labute approximate surface area is 167 Å². The first-order chi connectivity index (χ1) is 13.8. The Morgan fingerprint density at radius 3 is 2.82 bits per heavy atom. The van der Waals surface area contributed by atoms with Gasteiger partial charge in [0.15, 0.2) is 5.82 Å². The summed E-state index contributed by atoms with van der Waals surface area (Å²) in [7, 11) is 0. The zero-order chi connectivity index (χ0) is 19.3. The Bertz CT molecular complexity index is 883. The number of nitrogens with one attached hydrogen (secondary N) is 2. The molecular formula is C19H22N6O2S. The van der Waals surface area contributed by atoms with Crippen molar-refractivity contribution in [3.05, 3.63) is 42.6 Å². The fraction of sp³-hybridized carbons (Fsp3) is 0.316. The first kappa shape index (κ1) is 18.6. The van der Waals surface area contributed by atoms with Crippen LogP contribution in [0.25, 0.3) is 5.57 Å². The summed E-state index contributed by atoms with van der Waals surface area (Å²) in [5, 5.41) is 6.41. The lowest BCUT2D eigenvalue weighted by molar-refractivity contribution is -0.111. The summed E-state index contributed by atoms with van der Waals surface area (Å²) in [4.78, 5) is 24.6. The Kier molecular flexibility index (Phi) is 5.63. The topological polar surface area (TPSA) is 105 Å². The highest BCUT2D eigenvalue weighted by Crippen LogP contribution is 2.40. The lowest BCUT2D eigenvalue weighted by Gasteiger charge is -2.32. The van der Waals surface area contributed by atoms with Gasteiger partial charge in [0.1, 0.15) is 0 Å². The van der Waals surface area contributed by atoms with E-state index in [4.69, 9.17) is 10.5 Å². The molecule has 2 aliphatic heterocycles. The van der Waals surface area contributed by atoms with E-state index >= 15 is 0 Å². The maximum atomic E-state index is 12.9. The molecule has 0 atom stereocenters. The number of morpholine rings is 1. The van der Waals surface area contributed by atoms with Gasteiger partial charge in [0.25, 0.3) is 5.91 Å². The van der Waals surface area contributed by atoms with Crippen molar-refractivity contribution in [1.82, 2.24) is 9.97 Å². The third-order valence-electron chi connectivity index (χ3n) is 4.59. The molecule has 0 radical (unpaired) electrons. The first-order valence-electron chi connectivity index (χ1n) is 9.14. The van der Waals surface area contributed by atoms with Crippen LogP contribution in [0.4, 0.5) is 17.1 Å². The van der Waals surface area contributed by atoms with E-state index in [9.17, 15) is 4.79 Å². The molecule has 1 aromatic carbocycles. The van der Waals surface area contributed by atoms with E-state index in [-0.39, 0.29) is 11.5 Å². The highest BCUT2D eigenvalue weighted by molar-refractivity contribution is 7.99. The molecule has 1 fully saturated rings. The molecule has 4 rings (SSSR count). The molecule has 2 aliphatic rings. The predicted molar refractivity (Wildman–Crippen MR) is 112 cm³/mol. The molecule has 1 amide bonds. The van der Waals surface area contributed by atoms with Crippen molar-refractivity contribution in [3.63, 3.8) is 0 Å². The maximum Gasteiger partial charge on any atom is 0.261 e. The number of thioether (sulfide) groups is 1. The second-order valence-electron chi connectivity index (χ2n) is 6.35. The van der Waals surface area contributed by atoms with Gasteiger partial charge in [-0.15, -0.1) is 11.8 Å². The van der Waals surface area contributed by atoms with Crippen molar-refractivity contribution in [2.45, 2.75) is 4.90 Å². The van der Waals surface area contributed by atoms with Crippen LogP contribution >= 0.6 is 11.8 Å². The zero-order valence-electron chi connectivity index (χ0n) is 15.4. The van der Waals surface area contributed by atoms with Crippen LogP contribution in [-0.2, 0) is 9.53 Å². The van der Waals surface area contributed by atoms with Crippen molar-refractivity contribution in [2.24, 2.45) is 5.73 Å². The molecule has 9 heteroatoms. The number of nitrogens with two attached hydrogens (primary N) is 1. The molecule has 4 N–H and O–H groups in total. The Morgan fingerprint density at radius 1 is 1.29 bits per heavy atom. The second-order valence-corrected chi connectivity index (χ2v) is 7.48. The number of nitrogens with zero attached hydrogens (tertiary/aromatic N) is 3. The molecule has 2 aromatic rings. The lowest BCUT2D eigenvalue weighted by Crippen LogP contribution is -2.37. The Hall–Kier alpha value is -2.78. The van der Waals surface area contributed by atoms with E-state index in [0.29, 0.717) is 19.0 Å². The minimum atomic E-state index is -0.341. The molecule has 3 heterocycles. The number of fused-ring (bicyclic) bond motifs is 1. The van der Waals surface area contributed by atoms with Crippen LogP contribution < -0.4 is 21.3 Å². The largest absolute Gasteiger partial charge is 0.404 e. The molecule has 0 unspecified atom stereocenters. The highest BCUT2D eigenvalue weighted by atomic mass is 32.2. The quantitative estimate of drug-likeness (QED) is 0.669. The van der Waals surface area contributed by atoms with Gasteiger partial charge in [0.05, 0.1) is 35.8 Å². The number of anilines is 3. The van der Waals surface area contributed by atoms with Crippen LogP contribution in [0.5, 0.6) is 0 Å². The maximum absolute atomic E-state index is 12.9. The van der Waals surface area contributed by atoms with Crippen molar-refractivity contribution < 1.29 is 9.53 Å². The number of amides is 1. The second kappa shape index (κ2) is 8.49. The van der Waals surface area contributed by atoms with Gasteiger partial charge in [-0.1, -0.05) is 0 Å². The average Bonchev–Trinajstić information content (AvgIpc) is 2.75. The summed E-state index contributed by atoms with van der Waals surface area (Å²) in [5.74, 6) is 0.973. The van der Waals surface area contributed by atoms with Gasteiger partial charge in [0, 0.05) is 48.9 Å². The van der Waals surface area contributed by atoms with Gasteiger partial charge < -0.3 is 26.0 Å². The van der Waals surface area contributed by atoms with E-state index < -0.39 is 0 Å². The third kappa shape index (κ3) is 3.90. The first-order valence-corrected chi connectivity index (χ1v) is 10.1. The SMILES string of the molecule is NC=C(C(=O)Nc1cc2c(cc1N1CCOCC1)SCCN2)c1ncccn1. The summed E-state index contributed by atoms with van der Waals surface area (Å²) in [5.41, 5.74) is 8.68. The number of ether oxygens (including phenoxy) is 1. The van der Waals surface area contributed by atoms with Gasteiger partial charge in [-0.3, -0.25) is 4.79 Å². The zero-order valence-corrected chi connectivity index (χ0v) is 16.2. The molecular weight excluding hydrogens is 376 g/mol. The van der Waals surface area contributed by atoms with Crippen LogP contribution in [0.3, 0.4) is 0 Å². The number of aromatic nitrogens is 2. The average molecular weight is 398 g/mol. The molecule has 0 aliphatic carbocycles. The normalized spacial score (nSPS) is 16.9. The fourth-order valence-electron chi connectivity index (χ4n) is 3.22. The molecule has 0 saturated carbocycles. The molecule has 1 aromatic heterocycles. The van der Waals surface area contributed by atoms with Crippen LogP contribution in [0.15, 0.2) is 41.7 Å². The fourth-order valence-corrected chi connectivity index (χ4v) is 4.12. The monoisotopic (exact) mass is 398 g/mol. The summed E-state index contributed by atoms with van der Waals surface area (Å²) in [6.45, 7) is 3.79. The minimum Gasteiger partial charge on any atom is -0.404 e. The van der Waals surface area contributed by atoms with Crippen LogP contribution in [0, 0.1) is 0 Å². The molecule has 146 valence electrons. The van der Waals surface area contributed by atoms with Gasteiger partial charge >= 0.3 is 0 Å². The van der Waals surface area contributed by atoms with Crippen molar-refractivity contribution in [3.8, 4) is 0 Å². The number of hydrogen-bond donors (Lipinski definition) is 3. The number of carbonyl (C=O) groups excluding carboxylic acids is 1. The molecule has 0 spiro atoms. The Morgan fingerprint density at radius 2 is 2.07 bits per heavy atom. The lowest BCUT2D eigenvalue weighted by atomic mass is 10.1. The Balaban J connectivity index is 1.66. The van der Waals surface area contributed by atoms with Gasteiger partial charge in [-0.25, -0.2) is 9.97 Å². The van der Waals surface area contributed by atoms with E-state index in [2.05, 4.69) is 31.6 Å². The molecule has 8 nitrogen and oxygen atoms in total.